The molecule has 0 aliphatic heterocycles. The normalized spacial score (nSPS) is 15.0. The Kier molecular flexibility index (Phi) is 30.2. The molecule has 0 saturated carbocycles. The molecule has 0 saturated heterocycles. The maximum absolute atomic E-state index is 10.8. The molecule has 178 valence electrons. The van der Waals surface area contributed by atoms with E-state index in [9.17, 15) is 5.11 Å². The molecule has 3 atom stereocenters. The minimum Gasteiger partial charge on any atom is -1.00 e. The van der Waals surface area contributed by atoms with E-state index in [1.165, 1.54) is 122 Å². The van der Waals surface area contributed by atoms with Gasteiger partial charge in [0.05, 0.1) is 6.10 Å². The zero-order valence-electron chi connectivity index (χ0n) is 26.0. The van der Waals surface area contributed by atoms with Crippen molar-refractivity contribution in [3.8, 4) is 0 Å². The number of hydrogen-bond acceptors (Lipinski definition) is 1. The third-order valence-corrected chi connectivity index (χ3v) is 7.07. The van der Waals surface area contributed by atoms with E-state index >= 15 is 0 Å². The van der Waals surface area contributed by atoms with E-state index in [2.05, 4.69) is 34.6 Å². The molecule has 0 radical (unpaired) electrons. The molecule has 3 heteroatoms. The number of aliphatic hydroxyl groups excluding tert-OH is 1. The molecule has 3 unspecified atom stereocenters. The van der Waals surface area contributed by atoms with Crippen LogP contribution in [0.2, 0.25) is 0 Å². The first-order valence-corrected chi connectivity index (χ1v) is 13.3. The quantitative estimate of drug-likeness (QED) is 0.137. The van der Waals surface area contributed by atoms with Gasteiger partial charge in [-0.2, -0.15) is 0 Å². The summed E-state index contributed by atoms with van der Waals surface area (Å²) in [5.74, 6) is 0.501. The molecule has 0 aromatic heterocycles. The monoisotopic (exact) mass is 448 g/mol. The summed E-state index contributed by atoms with van der Waals surface area (Å²) in [5.41, 5.74) is 0.385. The van der Waals surface area contributed by atoms with Crippen LogP contribution in [0.25, 0.3) is 0 Å². The molecule has 0 aromatic rings. The first kappa shape index (κ1) is 36.1. The summed E-state index contributed by atoms with van der Waals surface area (Å²) in [4.78, 5) is 0. The van der Waals surface area contributed by atoms with Crippen molar-refractivity contribution in [1.82, 2.24) is 0 Å². The minimum atomic E-state index is -0.154. The van der Waals surface area contributed by atoms with E-state index in [0.29, 0.717) is 11.3 Å². The summed E-state index contributed by atoms with van der Waals surface area (Å²) in [6, 6.07) is 0. The standard InChI is InChI=1S/C27H56O.2Mg.4H/c1-6-10-14-16-18-20-24-27(22-13-9-4,23-19-17-15-11-7-2)26(25(5)28)21-12-8-3;;;;;;/h25-26,28H,6-24H2,1-5H3;;;;;;/q;2*+2;4*-1. The van der Waals surface area contributed by atoms with Crippen molar-refractivity contribution >= 4 is 46.1 Å². The molecule has 1 nitrogen and oxygen atoms in total. The zero-order valence-corrected chi connectivity index (χ0v) is 24.8. The summed E-state index contributed by atoms with van der Waals surface area (Å²) in [6.07, 6.45) is 25.4. The smallest absolute Gasteiger partial charge is 1.00 e. The molecule has 0 aliphatic rings. The molecule has 0 rings (SSSR count). The Balaban J connectivity index is -0.000000243. The Morgan fingerprint density at radius 1 is 0.567 bits per heavy atom. The fourth-order valence-corrected chi connectivity index (χ4v) is 5.28. The van der Waals surface area contributed by atoms with Gasteiger partial charge in [0, 0.05) is 0 Å². The third kappa shape index (κ3) is 17.0. The van der Waals surface area contributed by atoms with Gasteiger partial charge in [-0.05, 0) is 43.9 Å². The Morgan fingerprint density at radius 3 is 1.33 bits per heavy atom. The van der Waals surface area contributed by atoms with Crippen LogP contribution in [0.4, 0.5) is 0 Å². The van der Waals surface area contributed by atoms with Crippen LogP contribution < -0.4 is 0 Å². The van der Waals surface area contributed by atoms with Crippen molar-refractivity contribution in [2.45, 2.75) is 163 Å². The van der Waals surface area contributed by atoms with Crippen LogP contribution in [0, 0.1) is 11.3 Å². The van der Waals surface area contributed by atoms with Gasteiger partial charge in [0.15, 0.2) is 0 Å². The van der Waals surface area contributed by atoms with Gasteiger partial charge in [-0.15, -0.1) is 0 Å². The van der Waals surface area contributed by atoms with E-state index in [1.54, 1.807) is 0 Å². The summed E-state index contributed by atoms with van der Waals surface area (Å²) in [5, 5.41) is 10.8. The van der Waals surface area contributed by atoms with E-state index in [4.69, 9.17) is 0 Å². The SMILES string of the molecule is CCCCCCCCC(CCCC)(CCCCCCC)C(CCCC)C(C)O.[H-].[H-].[H-].[H-].[Mg+2].[Mg+2]. The van der Waals surface area contributed by atoms with Crippen LogP contribution in [0.15, 0.2) is 0 Å². The fourth-order valence-electron chi connectivity index (χ4n) is 5.28. The van der Waals surface area contributed by atoms with E-state index < -0.39 is 0 Å². The van der Waals surface area contributed by atoms with Crippen LogP contribution in [0.5, 0.6) is 0 Å². The van der Waals surface area contributed by atoms with Crippen molar-refractivity contribution < 1.29 is 10.8 Å². The first-order chi connectivity index (χ1) is 13.6. The minimum absolute atomic E-state index is 0. The Labute approximate surface area is 230 Å². The topological polar surface area (TPSA) is 20.2 Å². The predicted molar refractivity (Wildman–Crippen MR) is 144 cm³/mol. The molecule has 0 spiro atoms. The molecule has 1 N–H and O–H groups in total. The molecule has 0 aliphatic carbocycles. The molecular formula is C27H60Mg2O. The van der Waals surface area contributed by atoms with Gasteiger partial charge in [-0.1, -0.05) is 124 Å². The largest absolute Gasteiger partial charge is 2.00 e. The van der Waals surface area contributed by atoms with Gasteiger partial charge in [-0.3, -0.25) is 0 Å². The van der Waals surface area contributed by atoms with Crippen molar-refractivity contribution in [2.24, 2.45) is 11.3 Å². The number of hydrogen-bond donors (Lipinski definition) is 1. The molecule has 0 amide bonds. The van der Waals surface area contributed by atoms with E-state index in [0.717, 1.165) is 0 Å². The molecule has 0 fully saturated rings. The van der Waals surface area contributed by atoms with E-state index in [1.807, 2.05) is 0 Å². The maximum Gasteiger partial charge on any atom is 2.00 e. The van der Waals surface area contributed by atoms with Crippen LogP contribution >= 0.6 is 0 Å². The van der Waals surface area contributed by atoms with Crippen LogP contribution in [-0.2, 0) is 0 Å². The third-order valence-electron chi connectivity index (χ3n) is 7.07. The summed E-state index contributed by atoms with van der Waals surface area (Å²) in [6.45, 7) is 11.3. The van der Waals surface area contributed by atoms with Crippen LogP contribution in [0.3, 0.4) is 0 Å². The zero-order chi connectivity index (χ0) is 21.1. The molecule has 30 heavy (non-hydrogen) atoms. The van der Waals surface area contributed by atoms with Gasteiger partial charge in [0.1, 0.15) is 0 Å². The number of unbranched alkanes of at least 4 members (excludes halogenated alkanes) is 11. The summed E-state index contributed by atoms with van der Waals surface area (Å²) >= 11 is 0. The van der Waals surface area contributed by atoms with Crippen LogP contribution in [-0.4, -0.2) is 57.3 Å². The maximum atomic E-state index is 10.8. The summed E-state index contributed by atoms with van der Waals surface area (Å²) in [7, 11) is 0. The Hall–Kier alpha value is 1.49. The Bertz CT molecular complexity index is 340. The second kappa shape index (κ2) is 25.1. The molecule has 0 bridgehead atoms. The van der Waals surface area contributed by atoms with Crippen LogP contribution in [0.1, 0.15) is 162 Å². The number of aliphatic hydroxyl groups is 1. The average molecular weight is 449 g/mol. The summed E-state index contributed by atoms with van der Waals surface area (Å²) < 4.78 is 0. The molecule has 0 aromatic carbocycles. The average Bonchev–Trinajstić information content (AvgIpc) is 2.68. The van der Waals surface area contributed by atoms with Gasteiger partial charge in [0.25, 0.3) is 0 Å². The van der Waals surface area contributed by atoms with Gasteiger partial charge in [-0.25, -0.2) is 0 Å². The number of rotatable bonds is 21. The van der Waals surface area contributed by atoms with Crippen molar-refractivity contribution in [3.05, 3.63) is 0 Å². The molecule has 0 heterocycles. The van der Waals surface area contributed by atoms with Gasteiger partial charge in [0.2, 0.25) is 0 Å². The first-order valence-electron chi connectivity index (χ1n) is 13.3. The second-order valence-corrected chi connectivity index (χ2v) is 9.64. The Morgan fingerprint density at radius 2 is 0.933 bits per heavy atom. The second-order valence-electron chi connectivity index (χ2n) is 9.64. The van der Waals surface area contributed by atoms with E-state index in [-0.39, 0.29) is 57.9 Å². The van der Waals surface area contributed by atoms with Crippen molar-refractivity contribution in [2.75, 3.05) is 0 Å². The van der Waals surface area contributed by atoms with Gasteiger partial charge < -0.3 is 10.8 Å². The fraction of sp³-hybridized carbons (Fsp3) is 1.00. The van der Waals surface area contributed by atoms with Crippen molar-refractivity contribution in [3.63, 3.8) is 0 Å². The van der Waals surface area contributed by atoms with Gasteiger partial charge >= 0.3 is 46.1 Å². The predicted octanol–water partition coefficient (Wildman–Crippen LogP) is 9.15. The molecular weight excluding hydrogens is 389 g/mol. The van der Waals surface area contributed by atoms with Crippen molar-refractivity contribution in [1.29, 1.82) is 0 Å².